The molecule has 0 saturated heterocycles. The number of hydrogen-bond donors (Lipinski definition) is 2. The van der Waals surface area contributed by atoms with Gasteiger partial charge in [-0.3, -0.25) is 14.5 Å². The van der Waals surface area contributed by atoms with Crippen LogP contribution in [0, 0.1) is 13.8 Å². The summed E-state index contributed by atoms with van der Waals surface area (Å²) in [7, 11) is 1.72. The smallest absolute Gasteiger partial charge is 0.304 e. The second-order valence-electron chi connectivity index (χ2n) is 5.23. The molecule has 1 aromatic carbocycles. The molecule has 22 heavy (non-hydrogen) atoms. The fourth-order valence-electron chi connectivity index (χ4n) is 1.97. The third kappa shape index (κ3) is 5.83. The Balaban J connectivity index is 0.00000441. The lowest BCUT2D eigenvalue weighted by Crippen LogP contribution is -2.40. The normalized spacial score (nSPS) is 11.7. The van der Waals surface area contributed by atoms with Crippen LogP contribution >= 0.6 is 24.0 Å². The van der Waals surface area contributed by atoms with Gasteiger partial charge in [0.05, 0.1) is 23.2 Å². The Hall–Kier alpha value is -1.30. The highest BCUT2D eigenvalue weighted by atomic mass is 35.5. The van der Waals surface area contributed by atoms with Crippen molar-refractivity contribution in [2.24, 2.45) is 0 Å². The van der Waals surface area contributed by atoms with Crippen LogP contribution in [0.4, 0.5) is 5.69 Å². The summed E-state index contributed by atoms with van der Waals surface area (Å²) in [6.45, 7) is 5.86. The van der Waals surface area contributed by atoms with Crippen molar-refractivity contribution in [2.75, 3.05) is 18.9 Å². The van der Waals surface area contributed by atoms with Crippen LogP contribution in [0.15, 0.2) is 12.1 Å². The van der Waals surface area contributed by atoms with E-state index in [0.29, 0.717) is 17.3 Å². The molecule has 0 aliphatic carbocycles. The largest absolute Gasteiger partial charge is 0.481 e. The maximum Gasteiger partial charge on any atom is 0.304 e. The number of halogens is 2. The highest BCUT2D eigenvalue weighted by molar-refractivity contribution is 6.34. The van der Waals surface area contributed by atoms with Crippen molar-refractivity contribution in [2.45, 2.75) is 33.2 Å². The molecular formula is C15H22Cl2N2O3. The summed E-state index contributed by atoms with van der Waals surface area (Å²) in [5, 5.41) is 12.0. The molecule has 124 valence electrons. The zero-order valence-corrected chi connectivity index (χ0v) is 14.7. The fourth-order valence-corrected chi connectivity index (χ4v) is 2.34. The Morgan fingerprint density at radius 2 is 1.95 bits per heavy atom. The number of aliphatic carboxylic acids is 1. The first kappa shape index (κ1) is 20.7. The topological polar surface area (TPSA) is 69.6 Å². The van der Waals surface area contributed by atoms with Gasteiger partial charge >= 0.3 is 5.97 Å². The van der Waals surface area contributed by atoms with E-state index in [0.717, 1.165) is 11.1 Å². The van der Waals surface area contributed by atoms with E-state index >= 15 is 0 Å². The molecule has 0 saturated carbocycles. The Labute approximate surface area is 142 Å². The first-order chi connectivity index (χ1) is 9.72. The van der Waals surface area contributed by atoms with Gasteiger partial charge in [-0.05, 0) is 45.0 Å². The van der Waals surface area contributed by atoms with E-state index < -0.39 is 12.0 Å². The van der Waals surface area contributed by atoms with Crippen LogP contribution in [0.3, 0.4) is 0 Å². The van der Waals surface area contributed by atoms with E-state index in [1.54, 1.807) is 24.9 Å². The molecule has 0 aliphatic heterocycles. The van der Waals surface area contributed by atoms with Gasteiger partial charge in [-0.25, -0.2) is 0 Å². The number of amides is 1. The van der Waals surface area contributed by atoms with Crippen LogP contribution in [0.2, 0.25) is 5.02 Å². The maximum absolute atomic E-state index is 12.2. The number of likely N-dealkylation sites (N-methyl/N-ethyl adjacent to an activating group) is 1. The molecule has 0 spiro atoms. The van der Waals surface area contributed by atoms with E-state index in [2.05, 4.69) is 5.32 Å². The zero-order valence-electron chi connectivity index (χ0n) is 13.1. The van der Waals surface area contributed by atoms with Crippen molar-refractivity contribution in [1.82, 2.24) is 4.90 Å². The number of hydrogen-bond acceptors (Lipinski definition) is 3. The van der Waals surface area contributed by atoms with Crippen LogP contribution in [-0.4, -0.2) is 41.5 Å². The van der Waals surface area contributed by atoms with Gasteiger partial charge in [0.2, 0.25) is 5.91 Å². The number of rotatable bonds is 6. The minimum atomic E-state index is -0.883. The van der Waals surface area contributed by atoms with Crippen LogP contribution < -0.4 is 5.32 Å². The van der Waals surface area contributed by atoms with Gasteiger partial charge in [0.25, 0.3) is 0 Å². The number of nitrogens with one attached hydrogen (secondary N) is 1. The molecule has 1 amide bonds. The van der Waals surface area contributed by atoms with Crippen molar-refractivity contribution in [3.05, 3.63) is 28.3 Å². The lowest BCUT2D eigenvalue weighted by molar-refractivity contribution is -0.137. The second-order valence-corrected chi connectivity index (χ2v) is 5.64. The summed E-state index contributed by atoms with van der Waals surface area (Å²) in [6, 6.07) is 3.30. The summed E-state index contributed by atoms with van der Waals surface area (Å²) < 4.78 is 0. The van der Waals surface area contributed by atoms with Crippen molar-refractivity contribution >= 4 is 41.6 Å². The molecule has 1 atom stereocenters. The molecule has 1 aromatic rings. The molecular weight excluding hydrogens is 327 g/mol. The number of carboxylic acid groups (broad SMARTS) is 1. The number of anilines is 1. The van der Waals surface area contributed by atoms with Gasteiger partial charge in [0.15, 0.2) is 0 Å². The quantitative estimate of drug-likeness (QED) is 0.828. The third-order valence-corrected chi connectivity index (χ3v) is 3.70. The molecule has 0 aromatic heterocycles. The molecule has 0 fully saturated rings. The highest BCUT2D eigenvalue weighted by Gasteiger charge is 2.20. The minimum Gasteiger partial charge on any atom is -0.481 e. The Morgan fingerprint density at radius 3 is 2.45 bits per heavy atom. The van der Waals surface area contributed by atoms with E-state index in [1.165, 1.54) is 0 Å². The summed E-state index contributed by atoms with van der Waals surface area (Å²) in [5.41, 5.74) is 2.53. The number of benzene rings is 1. The van der Waals surface area contributed by atoms with Crippen LogP contribution in [0.1, 0.15) is 24.5 Å². The number of carboxylic acids is 1. The van der Waals surface area contributed by atoms with Crippen molar-refractivity contribution in [3.63, 3.8) is 0 Å². The number of aryl methyl sites for hydroxylation is 2. The molecule has 5 nitrogen and oxygen atoms in total. The van der Waals surface area contributed by atoms with E-state index in [-0.39, 0.29) is 24.7 Å². The van der Waals surface area contributed by atoms with Gasteiger partial charge in [-0.1, -0.05) is 17.7 Å². The summed E-state index contributed by atoms with van der Waals surface area (Å²) >= 11 is 6.16. The van der Waals surface area contributed by atoms with Gasteiger partial charge < -0.3 is 10.4 Å². The Bertz CT molecular complexity index is 527. The molecule has 1 unspecified atom stereocenters. The maximum atomic E-state index is 12.2. The molecule has 7 heteroatoms. The average molecular weight is 349 g/mol. The monoisotopic (exact) mass is 348 g/mol. The van der Waals surface area contributed by atoms with Crippen molar-refractivity contribution in [1.29, 1.82) is 0 Å². The molecule has 0 heterocycles. The summed E-state index contributed by atoms with van der Waals surface area (Å²) in [6.07, 6.45) is -0.00155. The van der Waals surface area contributed by atoms with Gasteiger partial charge in [0.1, 0.15) is 0 Å². The van der Waals surface area contributed by atoms with E-state index in [4.69, 9.17) is 16.7 Å². The molecule has 0 bridgehead atoms. The lowest BCUT2D eigenvalue weighted by Gasteiger charge is -2.23. The van der Waals surface area contributed by atoms with Crippen molar-refractivity contribution < 1.29 is 14.7 Å². The fraction of sp³-hybridized carbons (Fsp3) is 0.467. The van der Waals surface area contributed by atoms with E-state index in [1.807, 2.05) is 19.9 Å². The SMILES string of the molecule is Cc1cc(C)c(NC(=O)C(C)N(C)CCC(=O)O)c(Cl)c1.Cl. The van der Waals surface area contributed by atoms with Gasteiger partial charge in [-0.2, -0.15) is 0 Å². The minimum absolute atomic E-state index is 0. The first-order valence-corrected chi connectivity index (χ1v) is 7.09. The Morgan fingerprint density at radius 1 is 1.36 bits per heavy atom. The second kappa shape index (κ2) is 8.98. The Kier molecular flexibility index (Phi) is 8.45. The van der Waals surface area contributed by atoms with Gasteiger partial charge in [-0.15, -0.1) is 12.4 Å². The van der Waals surface area contributed by atoms with Crippen molar-refractivity contribution in [3.8, 4) is 0 Å². The zero-order chi connectivity index (χ0) is 16.2. The lowest BCUT2D eigenvalue weighted by atomic mass is 10.1. The molecule has 0 radical (unpaired) electrons. The first-order valence-electron chi connectivity index (χ1n) is 6.72. The summed E-state index contributed by atoms with van der Waals surface area (Å²) in [4.78, 5) is 24.5. The number of carbonyl (C=O) groups is 2. The average Bonchev–Trinajstić information content (AvgIpc) is 2.38. The molecule has 0 aliphatic rings. The van der Waals surface area contributed by atoms with Crippen LogP contribution in [0.25, 0.3) is 0 Å². The van der Waals surface area contributed by atoms with Crippen LogP contribution in [0.5, 0.6) is 0 Å². The highest BCUT2D eigenvalue weighted by Crippen LogP contribution is 2.27. The molecule has 2 N–H and O–H groups in total. The van der Waals surface area contributed by atoms with Gasteiger partial charge in [0, 0.05) is 6.54 Å². The third-order valence-electron chi connectivity index (χ3n) is 3.40. The number of nitrogens with zero attached hydrogens (tertiary/aromatic N) is 1. The predicted octanol–water partition coefficient (Wildman–Crippen LogP) is 3.11. The predicted molar refractivity (Wildman–Crippen MR) is 91.1 cm³/mol. The molecule has 1 rings (SSSR count). The summed E-state index contributed by atoms with van der Waals surface area (Å²) in [5.74, 6) is -1.09. The van der Waals surface area contributed by atoms with Crippen LogP contribution in [-0.2, 0) is 9.59 Å². The van der Waals surface area contributed by atoms with E-state index in [9.17, 15) is 9.59 Å². The standard InChI is InChI=1S/C15H21ClN2O3.ClH/c1-9-7-10(2)14(12(16)8-9)17-15(21)11(3)18(4)6-5-13(19)20;/h7-8,11H,5-6H2,1-4H3,(H,17,21)(H,19,20);1H. The number of carbonyl (C=O) groups excluding carboxylic acids is 1.